The Labute approximate surface area is 84.5 Å². The first kappa shape index (κ1) is 10.9. The van der Waals surface area contributed by atoms with E-state index in [1.807, 2.05) is 18.2 Å². The Bertz CT molecular complexity index is 292. The van der Waals surface area contributed by atoms with Gasteiger partial charge in [-0.3, -0.25) is 0 Å². The van der Waals surface area contributed by atoms with Crippen LogP contribution >= 0.6 is 0 Å². The number of aliphatic hydroxyl groups is 1. The first-order valence-electron chi connectivity index (χ1n) is 4.69. The topological polar surface area (TPSA) is 55.5 Å². The van der Waals surface area contributed by atoms with Gasteiger partial charge in [-0.25, -0.2) is 0 Å². The SMILES string of the molecule is CC(C)(O)CCOc1ccccc1N. The molecule has 0 unspecified atom stereocenters. The smallest absolute Gasteiger partial charge is 0.142 e. The van der Waals surface area contributed by atoms with E-state index >= 15 is 0 Å². The molecule has 1 rings (SSSR count). The van der Waals surface area contributed by atoms with Gasteiger partial charge in [0, 0.05) is 6.42 Å². The summed E-state index contributed by atoms with van der Waals surface area (Å²) in [6.45, 7) is 3.98. The summed E-state index contributed by atoms with van der Waals surface area (Å²) in [5.74, 6) is 0.678. The first-order valence-corrected chi connectivity index (χ1v) is 4.69. The lowest BCUT2D eigenvalue weighted by Gasteiger charge is -2.17. The van der Waals surface area contributed by atoms with E-state index in [0.29, 0.717) is 24.5 Å². The minimum Gasteiger partial charge on any atom is -0.491 e. The molecule has 3 N–H and O–H groups in total. The van der Waals surface area contributed by atoms with Crippen LogP contribution in [0.25, 0.3) is 0 Å². The van der Waals surface area contributed by atoms with E-state index in [2.05, 4.69) is 0 Å². The van der Waals surface area contributed by atoms with Crippen LogP contribution in [-0.4, -0.2) is 17.3 Å². The Morgan fingerprint density at radius 3 is 2.57 bits per heavy atom. The molecular formula is C11H17NO2. The summed E-state index contributed by atoms with van der Waals surface area (Å²) >= 11 is 0. The average Bonchev–Trinajstić information content (AvgIpc) is 2.06. The zero-order valence-corrected chi connectivity index (χ0v) is 8.66. The molecular weight excluding hydrogens is 178 g/mol. The highest BCUT2D eigenvalue weighted by atomic mass is 16.5. The van der Waals surface area contributed by atoms with E-state index in [0.717, 1.165) is 0 Å². The van der Waals surface area contributed by atoms with Crippen LogP contribution in [0.2, 0.25) is 0 Å². The van der Waals surface area contributed by atoms with Crippen molar-refractivity contribution >= 4 is 5.69 Å². The average molecular weight is 195 g/mol. The molecule has 0 fully saturated rings. The van der Waals surface area contributed by atoms with Gasteiger partial charge in [-0.15, -0.1) is 0 Å². The molecule has 3 heteroatoms. The summed E-state index contributed by atoms with van der Waals surface area (Å²) < 4.78 is 5.43. The Kier molecular flexibility index (Phi) is 3.36. The van der Waals surface area contributed by atoms with Gasteiger partial charge in [0.05, 0.1) is 17.9 Å². The van der Waals surface area contributed by atoms with Gasteiger partial charge in [0.2, 0.25) is 0 Å². The number of anilines is 1. The fourth-order valence-corrected chi connectivity index (χ4v) is 1.02. The number of nitrogens with two attached hydrogens (primary N) is 1. The predicted octanol–water partition coefficient (Wildman–Crippen LogP) is 1.81. The van der Waals surface area contributed by atoms with Crippen LogP contribution in [-0.2, 0) is 0 Å². The minimum absolute atomic E-state index is 0.470. The van der Waals surface area contributed by atoms with Gasteiger partial charge in [-0.1, -0.05) is 12.1 Å². The maximum atomic E-state index is 9.45. The second kappa shape index (κ2) is 4.33. The van der Waals surface area contributed by atoms with E-state index in [-0.39, 0.29) is 0 Å². The fourth-order valence-electron chi connectivity index (χ4n) is 1.02. The van der Waals surface area contributed by atoms with Gasteiger partial charge < -0.3 is 15.6 Å². The summed E-state index contributed by atoms with van der Waals surface area (Å²) in [7, 11) is 0. The van der Waals surface area contributed by atoms with Crippen molar-refractivity contribution in [1.29, 1.82) is 0 Å². The van der Waals surface area contributed by atoms with Crippen LogP contribution in [0.3, 0.4) is 0 Å². The number of ether oxygens (including phenoxy) is 1. The number of rotatable bonds is 4. The van der Waals surface area contributed by atoms with Crippen molar-refractivity contribution in [3.8, 4) is 5.75 Å². The van der Waals surface area contributed by atoms with Gasteiger partial charge in [0.25, 0.3) is 0 Å². The zero-order chi connectivity index (χ0) is 10.6. The van der Waals surface area contributed by atoms with Gasteiger partial charge in [-0.05, 0) is 26.0 Å². The third-order valence-electron chi connectivity index (χ3n) is 1.89. The van der Waals surface area contributed by atoms with E-state index in [1.54, 1.807) is 19.9 Å². The Hall–Kier alpha value is -1.22. The number of benzene rings is 1. The lowest BCUT2D eigenvalue weighted by molar-refractivity contribution is 0.0554. The van der Waals surface area contributed by atoms with Crippen LogP contribution in [0.4, 0.5) is 5.69 Å². The second-order valence-electron chi connectivity index (χ2n) is 3.95. The van der Waals surface area contributed by atoms with Gasteiger partial charge in [0.1, 0.15) is 5.75 Å². The number of nitrogen functional groups attached to an aromatic ring is 1. The standard InChI is InChI=1S/C11H17NO2/c1-11(2,13)7-8-14-10-6-4-3-5-9(10)12/h3-6,13H,7-8,12H2,1-2H3. The van der Waals surface area contributed by atoms with Crippen LogP contribution in [0.15, 0.2) is 24.3 Å². The molecule has 0 heterocycles. The van der Waals surface area contributed by atoms with Crippen LogP contribution in [0.1, 0.15) is 20.3 Å². The van der Waals surface area contributed by atoms with Crippen LogP contribution in [0.5, 0.6) is 5.75 Å². The van der Waals surface area contributed by atoms with Gasteiger partial charge >= 0.3 is 0 Å². The van der Waals surface area contributed by atoms with Crippen molar-refractivity contribution in [3.63, 3.8) is 0 Å². The molecule has 0 aliphatic heterocycles. The van der Waals surface area contributed by atoms with E-state index in [1.165, 1.54) is 0 Å². The van der Waals surface area contributed by atoms with Crippen molar-refractivity contribution in [2.24, 2.45) is 0 Å². The third-order valence-corrected chi connectivity index (χ3v) is 1.89. The maximum absolute atomic E-state index is 9.45. The molecule has 0 aromatic heterocycles. The molecule has 0 bridgehead atoms. The molecule has 14 heavy (non-hydrogen) atoms. The van der Waals surface area contributed by atoms with E-state index < -0.39 is 5.60 Å². The van der Waals surface area contributed by atoms with Crippen LogP contribution in [0, 0.1) is 0 Å². The quantitative estimate of drug-likeness (QED) is 0.720. The van der Waals surface area contributed by atoms with Crippen molar-refractivity contribution in [1.82, 2.24) is 0 Å². The summed E-state index contributed by atoms with van der Waals surface area (Å²) in [6.07, 6.45) is 0.585. The molecule has 0 atom stereocenters. The fraction of sp³-hybridized carbons (Fsp3) is 0.455. The predicted molar refractivity (Wildman–Crippen MR) is 57.3 cm³/mol. The summed E-state index contributed by atoms with van der Waals surface area (Å²) in [5.41, 5.74) is 5.62. The highest BCUT2D eigenvalue weighted by Gasteiger charge is 2.12. The number of hydrogen-bond donors (Lipinski definition) is 2. The first-order chi connectivity index (χ1) is 6.49. The molecule has 0 radical (unpaired) electrons. The van der Waals surface area contributed by atoms with Crippen molar-refractivity contribution in [3.05, 3.63) is 24.3 Å². The molecule has 0 aliphatic rings. The van der Waals surface area contributed by atoms with Crippen molar-refractivity contribution in [2.75, 3.05) is 12.3 Å². The summed E-state index contributed by atoms with van der Waals surface area (Å²) in [6, 6.07) is 7.34. The molecule has 0 aliphatic carbocycles. The highest BCUT2D eigenvalue weighted by Crippen LogP contribution is 2.20. The summed E-state index contributed by atoms with van der Waals surface area (Å²) in [5, 5.41) is 9.45. The number of hydrogen-bond acceptors (Lipinski definition) is 3. The monoisotopic (exact) mass is 195 g/mol. The van der Waals surface area contributed by atoms with Crippen LogP contribution < -0.4 is 10.5 Å². The third kappa shape index (κ3) is 3.66. The van der Waals surface area contributed by atoms with Crippen molar-refractivity contribution < 1.29 is 9.84 Å². The molecule has 0 saturated carbocycles. The van der Waals surface area contributed by atoms with Crippen molar-refractivity contribution in [2.45, 2.75) is 25.9 Å². The Balaban J connectivity index is 2.43. The van der Waals surface area contributed by atoms with E-state index in [4.69, 9.17) is 10.5 Å². The summed E-state index contributed by atoms with van der Waals surface area (Å²) in [4.78, 5) is 0. The Morgan fingerprint density at radius 1 is 1.36 bits per heavy atom. The minimum atomic E-state index is -0.691. The maximum Gasteiger partial charge on any atom is 0.142 e. The molecule has 3 nitrogen and oxygen atoms in total. The van der Waals surface area contributed by atoms with Gasteiger partial charge in [0.15, 0.2) is 0 Å². The Morgan fingerprint density at radius 2 is 2.00 bits per heavy atom. The molecule has 78 valence electrons. The molecule has 0 spiro atoms. The molecule has 0 amide bonds. The second-order valence-corrected chi connectivity index (χ2v) is 3.95. The zero-order valence-electron chi connectivity index (χ0n) is 8.66. The molecule has 0 saturated heterocycles. The lowest BCUT2D eigenvalue weighted by atomic mass is 10.1. The number of para-hydroxylation sites is 2. The molecule has 1 aromatic carbocycles. The largest absolute Gasteiger partial charge is 0.491 e. The lowest BCUT2D eigenvalue weighted by Crippen LogP contribution is -2.21. The van der Waals surface area contributed by atoms with Gasteiger partial charge in [-0.2, -0.15) is 0 Å². The molecule has 1 aromatic rings. The highest BCUT2D eigenvalue weighted by molar-refractivity contribution is 5.51. The van der Waals surface area contributed by atoms with E-state index in [9.17, 15) is 5.11 Å². The normalized spacial score (nSPS) is 11.4.